The molecule has 5 N–H and O–H groups in total. The fraction of sp³-hybridized carbons (Fsp3) is 0.316. The van der Waals surface area contributed by atoms with Crippen molar-refractivity contribution in [2.75, 3.05) is 18.1 Å². The zero-order chi connectivity index (χ0) is 17.1. The summed E-state index contributed by atoms with van der Waals surface area (Å²) in [7, 11) is 1.86. The average molecular weight is 323 g/mol. The standard InChI is InChI=1S/C19H25N5/c1-4-12(2)23-11-13-5-6-16-14(9-13)10-17(24-16)15-7-8-22-19(20)18(15)21-3/h5-10,12,21,23-24H,4,11H2,1-3H3,(H2,20,22)/t12-/m0/s1. The topological polar surface area (TPSA) is 78.8 Å². The van der Waals surface area contributed by atoms with Gasteiger partial charge in [0, 0.05) is 48.0 Å². The summed E-state index contributed by atoms with van der Waals surface area (Å²) >= 11 is 0. The molecule has 0 saturated heterocycles. The van der Waals surface area contributed by atoms with Gasteiger partial charge in [0.1, 0.15) is 5.82 Å². The van der Waals surface area contributed by atoms with Crippen molar-refractivity contribution in [3.63, 3.8) is 0 Å². The van der Waals surface area contributed by atoms with Crippen LogP contribution in [0.5, 0.6) is 0 Å². The molecule has 0 radical (unpaired) electrons. The van der Waals surface area contributed by atoms with E-state index in [2.05, 4.69) is 58.7 Å². The smallest absolute Gasteiger partial charge is 0.147 e. The monoisotopic (exact) mass is 323 g/mol. The summed E-state index contributed by atoms with van der Waals surface area (Å²) in [4.78, 5) is 7.62. The molecule has 5 nitrogen and oxygen atoms in total. The van der Waals surface area contributed by atoms with Gasteiger partial charge in [-0.25, -0.2) is 4.98 Å². The lowest BCUT2D eigenvalue weighted by Gasteiger charge is -2.11. The van der Waals surface area contributed by atoms with Crippen LogP contribution in [0, 0.1) is 0 Å². The third-order valence-corrected chi connectivity index (χ3v) is 4.47. The number of hydrogen-bond acceptors (Lipinski definition) is 4. The van der Waals surface area contributed by atoms with E-state index in [0.29, 0.717) is 11.9 Å². The highest BCUT2D eigenvalue weighted by Gasteiger charge is 2.11. The highest BCUT2D eigenvalue weighted by Crippen LogP contribution is 2.32. The minimum absolute atomic E-state index is 0.507. The molecule has 0 unspecified atom stereocenters. The normalized spacial score (nSPS) is 12.5. The second-order valence-electron chi connectivity index (χ2n) is 6.16. The SMILES string of the molecule is CC[C@H](C)NCc1ccc2[nH]c(-c3ccnc(N)c3NC)cc2c1. The number of aromatic amines is 1. The lowest BCUT2D eigenvalue weighted by atomic mass is 10.1. The van der Waals surface area contributed by atoms with Gasteiger partial charge in [0.15, 0.2) is 0 Å². The van der Waals surface area contributed by atoms with Crippen molar-refractivity contribution < 1.29 is 0 Å². The summed E-state index contributed by atoms with van der Waals surface area (Å²) < 4.78 is 0. The van der Waals surface area contributed by atoms with Crippen molar-refractivity contribution in [3.8, 4) is 11.3 Å². The van der Waals surface area contributed by atoms with Crippen LogP contribution in [0.25, 0.3) is 22.2 Å². The van der Waals surface area contributed by atoms with Crippen LogP contribution in [-0.4, -0.2) is 23.1 Å². The van der Waals surface area contributed by atoms with E-state index in [1.807, 2.05) is 13.1 Å². The molecule has 5 heteroatoms. The number of aromatic nitrogens is 2. The second-order valence-corrected chi connectivity index (χ2v) is 6.16. The molecule has 0 bridgehead atoms. The Hall–Kier alpha value is -2.53. The van der Waals surface area contributed by atoms with Crippen LogP contribution >= 0.6 is 0 Å². The first kappa shape index (κ1) is 16.3. The van der Waals surface area contributed by atoms with Crippen molar-refractivity contribution in [2.45, 2.75) is 32.9 Å². The van der Waals surface area contributed by atoms with Gasteiger partial charge in [-0.1, -0.05) is 13.0 Å². The van der Waals surface area contributed by atoms with Gasteiger partial charge in [0.2, 0.25) is 0 Å². The van der Waals surface area contributed by atoms with E-state index in [1.54, 1.807) is 6.20 Å². The Labute approximate surface area is 142 Å². The zero-order valence-corrected chi connectivity index (χ0v) is 14.5. The predicted octanol–water partition coefficient (Wildman–Crippen LogP) is 3.74. The molecule has 2 aromatic heterocycles. The van der Waals surface area contributed by atoms with Crippen LogP contribution < -0.4 is 16.4 Å². The zero-order valence-electron chi connectivity index (χ0n) is 14.5. The van der Waals surface area contributed by atoms with Crippen molar-refractivity contribution in [3.05, 3.63) is 42.1 Å². The number of nitrogens with one attached hydrogen (secondary N) is 3. The molecule has 0 saturated carbocycles. The summed E-state index contributed by atoms with van der Waals surface area (Å²) in [6.45, 7) is 5.29. The molecule has 126 valence electrons. The molecule has 1 aromatic carbocycles. The van der Waals surface area contributed by atoms with E-state index in [9.17, 15) is 0 Å². The summed E-state index contributed by atoms with van der Waals surface area (Å²) in [5.74, 6) is 0.507. The quantitative estimate of drug-likeness (QED) is 0.557. The summed E-state index contributed by atoms with van der Waals surface area (Å²) in [6, 6.07) is 11.2. The number of nitrogens with two attached hydrogens (primary N) is 1. The van der Waals surface area contributed by atoms with Crippen LogP contribution in [0.15, 0.2) is 36.5 Å². The molecular formula is C19H25N5. The van der Waals surface area contributed by atoms with Gasteiger partial charge in [-0.2, -0.15) is 0 Å². The highest BCUT2D eigenvalue weighted by molar-refractivity contribution is 5.91. The van der Waals surface area contributed by atoms with E-state index >= 15 is 0 Å². The number of nitrogens with zero attached hydrogens (tertiary/aromatic N) is 1. The third kappa shape index (κ3) is 3.21. The van der Waals surface area contributed by atoms with Crippen LogP contribution in [0.2, 0.25) is 0 Å². The minimum atomic E-state index is 0.507. The van der Waals surface area contributed by atoms with Crippen molar-refractivity contribution in [1.29, 1.82) is 0 Å². The van der Waals surface area contributed by atoms with Crippen LogP contribution in [-0.2, 0) is 6.54 Å². The van der Waals surface area contributed by atoms with E-state index in [1.165, 1.54) is 10.9 Å². The fourth-order valence-electron chi connectivity index (χ4n) is 2.84. The van der Waals surface area contributed by atoms with Crippen molar-refractivity contribution in [1.82, 2.24) is 15.3 Å². The average Bonchev–Trinajstić information content (AvgIpc) is 3.02. The Morgan fingerprint density at radius 3 is 2.83 bits per heavy atom. The molecule has 0 amide bonds. The number of hydrogen-bond donors (Lipinski definition) is 4. The van der Waals surface area contributed by atoms with Gasteiger partial charge < -0.3 is 21.4 Å². The number of anilines is 2. The Kier molecular flexibility index (Phi) is 4.71. The maximum absolute atomic E-state index is 5.97. The Morgan fingerprint density at radius 1 is 1.25 bits per heavy atom. The fourth-order valence-corrected chi connectivity index (χ4v) is 2.84. The number of nitrogen functional groups attached to an aromatic ring is 1. The van der Waals surface area contributed by atoms with Gasteiger partial charge in [0.05, 0.1) is 5.69 Å². The lowest BCUT2D eigenvalue weighted by Crippen LogP contribution is -2.24. The van der Waals surface area contributed by atoms with Gasteiger partial charge in [0.25, 0.3) is 0 Å². The number of benzene rings is 1. The summed E-state index contributed by atoms with van der Waals surface area (Å²) in [5.41, 5.74) is 11.3. The van der Waals surface area contributed by atoms with E-state index in [0.717, 1.165) is 35.4 Å². The van der Waals surface area contributed by atoms with E-state index in [-0.39, 0.29) is 0 Å². The molecular weight excluding hydrogens is 298 g/mol. The first-order valence-corrected chi connectivity index (χ1v) is 8.40. The molecule has 0 aliphatic carbocycles. The van der Waals surface area contributed by atoms with Gasteiger partial charge >= 0.3 is 0 Å². The predicted molar refractivity (Wildman–Crippen MR) is 102 cm³/mol. The number of H-pyrrole nitrogens is 1. The number of pyridine rings is 1. The highest BCUT2D eigenvalue weighted by atomic mass is 14.9. The Morgan fingerprint density at radius 2 is 2.08 bits per heavy atom. The molecule has 0 fully saturated rings. The molecule has 3 rings (SSSR count). The maximum atomic E-state index is 5.97. The van der Waals surface area contributed by atoms with Gasteiger partial charge in [-0.3, -0.25) is 0 Å². The molecule has 2 heterocycles. The first-order chi connectivity index (χ1) is 11.6. The van der Waals surface area contributed by atoms with Crippen molar-refractivity contribution >= 4 is 22.4 Å². The molecule has 24 heavy (non-hydrogen) atoms. The molecule has 0 spiro atoms. The maximum Gasteiger partial charge on any atom is 0.147 e. The Bertz CT molecular complexity index is 837. The van der Waals surface area contributed by atoms with E-state index < -0.39 is 0 Å². The van der Waals surface area contributed by atoms with Crippen LogP contribution in [0.3, 0.4) is 0 Å². The third-order valence-electron chi connectivity index (χ3n) is 4.47. The first-order valence-electron chi connectivity index (χ1n) is 8.40. The van der Waals surface area contributed by atoms with Gasteiger partial charge in [-0.15, -0.1) is 0 Å². The lowest BCUT2D eigenvalue weighted by molar-refractivity contribution is 0.534. The second kappa shape index (κ2) is 6.93. The molecule has 0 aliphatic heterocycles. The van der Waals surface area contributed by atoms with Crippen LogP contribution in [0.4, 0.5) is 11.5 Å². The van der Waals surface area contributed by atoms with Crippen molar-refractivity contribution in [2.24, 2.45) is 0 Å². The largest absolute Gasteiger partial charge is 0.385 e. The van der Waals surface area contributed by atoms with Crippen LogP contribution in [0.1, 0.15) is 25.8 Å². The molecule has 0 aliphatic rings. The molecule has 3 aromatic rings. The van der Waals surface area contributed by atoms with E-state index in [4.69, 9.17) is 5.73 Å². The van der Waals surface area contributed by atoms with Gasteiger partial charge in [-0.05, 0) is 43.2 Å². The number of fused-ring (bicyclic) bond motifs is 1. The molecule has 1 atom stereocenters. The summed E-state index contributed by atoms with van der Waals surface area (Å²) in [5, 5.41) is 7.87. The number of rotatable bonds is 6. The minimum Gasteiger partial charge on any atom is -0.385 e. The summed E-state index contributed by atoms with van der Waals surface area (Å²) in [6.07, 6.45) is 2.87. The Balaban J connectivity index is 1.93.